The molecule has 0 spiro atoms. The molecular formula is C18H30N2O3. The van der Waals surface area contributed by atoms with Gasteiger partial charge in [0.1, 0.15) is 5.60 Å². The fraction of sp³-hybridized carbons (Fsp3) is 0.667. The number of nitrogens with one attached hydrogen (secondary N) is 1. The van der Waals surface area contributed by atoms with Crippen LogP contribution in [-0.2, 0) is 9.53 Å². The summed E-state index contributed by atoms with van der Waals surface area (Å²) in [6.07, 6.45) is 5.21. The molecule has 0 aromatic carbocycles. The predicted octanol–water partition coefficient (Wildman–Crippen LogP) is 4.10. The Morgan fingerprint density at radius 2 is 2.00 bits per heavy atom. The lowest BCUT2D eigenvalue weighted by Crippen LogP contribution is -2.42. The zero-order chi connectivity index (χ0) is 17.3. The Labute approximate surface area is 139 Å². The summed E-state index contributed by atoms with van der Waals surface area (Å²) in [7, 11) is 0. The number of unbranched alkanes of at least 4 members (excludes halogenated alkanes) is 1. The van der Waals surface area contributed by atoms with Gasteiger partial charge in [0.15, 0.2) is 0 Å². The largest absolute Gasteiger partial charge is 0.477 e. The number of aryl methyl sites for hydroxylation is 1. The van der Waals surface area contributed by atoms with Gasteiger partial charge in [-0.25, -0.2) is 4.98 Å². The highest BCUT2D eigenvalue weighted by atomic mass is 16.5. The first kappa shape index (κ1) is 19.4. The van der Waals surface area contributed by atoms with Gasteiger partial charge in [-0.2, -0.15) is 0 Å². The lowest BCUT2D eigenvalue weighted by Gasteiger charge is -2.27. The van der Waals surface area contributed by atoms with Crippen LogP contribution in [0.2, 0.25) is 0 Å². The number of nitrogens with zero attached hydrogens (tertiary/aromatic N) is 1. The molecule has 130 valence electrons. The maximum Gasteiger partial charge on any atom is 0.256 e. The number of carbonyl (C=O) groups is 1. The van der Waals surface area contributed by atoms with Gasteiger partial charge in [-0.1, -0.05) is 27.2 Å². The molecule has 0 aliphatic carbocycles. The van der Waals surface area contributed by atoms with E-state index in [9.17, 15) is 4.79 Å². The second-order valence-corrected chi connectivity index (χ2v) is 5.94. The summed E-state index contributed by atoms with van der Waals surface area (Å²) in [6.45, 7) is 11.1. The molecule has 1 amide bonds. The van der Waals surface area contributed by atoms with Crippen LogP contribution in [0.4, 0.5) is 5.69 Å². The molecule has 1 aromatic rings. The van der Waals surface area contributed by atoms with E-state index in [-0.39, 0.29) is 5.91 Å². The Balaban J connectivity index is 2.72. The summed E-state index contributed by atoms with van der Waals surface area (Å²) >= 11 is 0. The molecule has 0 saturated heterocycles. The number of hydrogen-bond acceptors (Lipinski definition) is 4. The molecule has 0 fully saturated rings. The van der Waals surface area contributed by atoms with E-state index in [1.807, 2.05) is 33.8 Å². The van der Waals surface area contributed by atoms with Crippen LogP contribution in [0.3, 0.4) is 0 Å². The molecule has 1 heterocycles. The number of amides is 1. The third-order valence-electron chi connectivity index (χ3n) is 3.80. The van der Waals surface area contributed by atoms with Crippen LogP contribution in [0.5, 0.6) is 5.88 Å². The normalized spacial score (nSPS) is 13.4. The minimum absolute atomic E-state index is 0.144. The van der Waals surface area contributed by atoms with Gasteiger partial charge in [-0.3, -0.25) is 4.79 Å². The van der Waals surface area contributed by atoms with E-state index < -0.39 is 5.60 Å². The van der Waals surface area contributed by atoms with E-state index in [1.54, 1.807) is 6.20 Å². The van der Waals surface area contributed by atoms with E-state index in [0.29, 0.717) is 31.2 Å². The first-order chi connectivity index (χ1) is 11.0. The smallest absolute Gasteiger partial charge is 0.256 e. The van der Waals surface area contributed by atoms with Crippen molar-refractivity contribution in [2.45, 2.75) is 65.9 Å². The molecule has 0 aliphatic heterocycles. The summed E-state index contributed by atoms with van der Waals surface area (Å²) in [5.74, 6) is 0.478. The van der Waals surface area contributed by atoms with Gasteiger partial charge in [0.05, 0.1) is 18.5 Å². The van der Waals surface area contributed by atoms with Gasteiger partial charge in [0.2, 0.25) is 5.88 Å². The number of hydrogen-bond donors (Lipinski definition) is 1. The van der Waals surface area contributed by atoms with Gasteiger partial charge in [-0.05, 0) is 39.2 Å². The number of pyridine rings is 1. The summed E-state index contributed by atoms with van der Waals surface area (Å²) in [6, 6.07) is 1.88. The average Bonchev–Trinajstić information content (AvgIpc) is 2.54. The summed E-state index contributed by atoms with van der Waals surface area (Å²) in [5.41, 5.74) is 0.752. The number of ether oxygens (including phenoxy) is 2. The van der Waals surface area contributed by atoms with Crippen LogP contribution in [0.1, 0.15) is 58.9 Å². The molecule has 1 atom stereocenters. The van der Waals surface area contributed by atoms with Gasteiger partial charge in [-0.15, -0.1) is 0 Å². The van der Waals surface area contributed by atoms with Gasteiger partial charge >= 0.3 is 0 Å². The zero-order valence-corrected chi connectivity index (χ0v) is 15.1. The van der Waals surface area contributed by atoms with Gasteiger partial charge < -0.3 is 14.8 Å². The molecule has 1 unspecified atom stereocenters. The molecule has 1 aromatic heterocycles. The van der Waals surface area contributed by atoms with Crippen molar-refractivity contribution < 1.29 is 14.3 Å². The SMILES string of the molecule is CCCCOc1ncc(NC(=O)C(C)(CC)OCCC)cc1C. The monoisotopic (exact) mass is 322 g/mol. The quantitative estimate of drug-likeness (QED) is 0.659. The summed E-state index contributed by atoms with van der Waals surface area (Å²) in [5, 5.41) is 2.90. The van der Waals surface area contributed by atoms with Crippen molar-refractivity contribution >= 4 is 11.6 Å². The molecule has 0 saturated carbocycles. The molecule has 0 bridgehead atoms. The minimum atomic E-state index is -0.819. The average molecular weight is 322 g/mol. The summed E-state index contributed by atoms with van der Waals surface area (Å²) < 4.78 is 11.4. The Kier molecular flexibility index (Phi) is 8.03. The highest BCUT2D eigenvalue weighted by Crippen LogP contribution is 2.22. The highest BCUT2D eigenvalue weighted by Gasteiger charge is 2.32. The molecule has 23 heavy (non-hydrogen) atoms. The predicted molar refractivity (Wildman–Crippen MR) is 92.9 cm³/mol. The van der Waals surface area contributed by atoms with Crippen molar-refractivity contribution in [3.05, 3.63) is 17.8 Å². The van der Waals surface area contributed by atoms with Crippen molar-refractivity contribution in [2.75, 3.05) is 18.5 Å². The summed E-state index contributed by atoms with van der Waals surface area (Å²) in [4.78, 5) is 16.8. The minimum Gasteiger partial charge on any atom is -0.477 e. The maximum atomic E-state index is 12.5. The number of aromatic nitrogens is 1. The van der Waals surface area contributed by atoms with E-state index >= 15 is 0 Å². The van der Waals surface area contributed by atoms with Crippen molar-refractivity contribution in [3.8, 4) is 5.88 Å². The first-order valence-electron chi connectivity index (χ1n) is 8.51. The maximum absolute atomic E-state index is 12.5. The third kappa shape index (κ3) is 5.82. The van der Waals surface area contributed by atoms with Crippen molar-refractivity contribution in [3.63, 3.8) is 0 Å². The third-order valence-corrected chi connectivity index (χ3v) is 3.80. The molecule has 5 nitrogen and oxygen atoms in total. The van der Waals surface area contributed by atoms with Crippen molar-refractivity contribution in [1.29, 1.82) is 0 Å². The van der Waals surface area contributed by atoms with Crippen LogP contribution in [0, 0.1) is 6.92 Å². The fourth-order valence-electron chi connectivity index (χ4n) is 2.01. The van der Waals surface area contributed by atoms with Gasteiger partial charge in [0.25, 0.3) is 5.91 Å². The molecule has 5 heteroatoms. The second kappa shape index (κ2) is 9.50. The second-order valence-electron chi connectivity index (χ2n) is 5.94. The van der Waals surface area contributed by atoms with E-state index in [1.165, 1.54) is 0 Å². The Hall–Kier alpha value is -1.62. The highest BCUT2D eigenvalue weighted by molar-refractivity contribution is 5.97. The lowest BCUT2D eigenvalue weighted by molar-refractivity contribution is -0.139. The topological polar surface area (TPSA) is 60.5 Å². The van der Waals surface area contributed by atoms with E-state index in [2.05, 4.69) is 17.2 Å². The lowest BCUT2D eigenvalue weighted by atomic mass is 10.0. The van der Waals surface area contributed by atoms with Crippen LogP contribution < -0.4 is 10.1 Å². The fourth-order valence-corrected chi connectivity index (χ4v) is 2.01. The van der Waals surface area contributed by atoms with Crippen LogP contribution in [0.15, 0.2) is 12.3 Å². The van der Waals surface area contributed by atoms with E-state index in [4.69, 9.17) is 9.47 Å². The van der Waals surface area contributed by atoms with Gasteiger partial charge in [0, 0.05) is 12.2 Å². The van der Waals surface area contributed by atoms with Crippen molar-refractivity contribution in [1.82, 2.24) is 4.98 Å². The Morgan fingerprint density at radius 1 is 1.26 bits per heavy atom. The molecule has 1 N–H and O–H groups in total. The molecule has 0 radical (unpaired) electrons. The molecule has 0 aliphatic rings. The number of anilines is 1. The number of rotatable bonds is 10. The Morgan fingerprint density at radius 3 is 2.57 bits per heavy atom. The van der Waals surface area contributed by atoms with Crippen LogP contribution in [0.25, 0.3) is 0 Å². The molecular weight excluding hydrogens is 292 g/mol. The van der Waals surface area contributed by atoms with Crippen LogP contribution in [-0.4, -0.2) is 29.7 Å². The first-order valence-corrected chi connectivity index (χ1v) is 8.51. The standard InChI is InChI=1S/C18H30N2O3/c1-6-9-11-22-16-14(4)12-15(13-19-16)20-17(21)18(5,8-3)23-10-7-2/h12-13H,6-11H2,1-5H3,(H,20,21). The molecule has 1 rings (SSSR count). The van der Waals surface area contributed by atoms with Crippen molar-refractivity contribution in [2.24, 2.45) is 0 Å². The number of carbonyl (C=O) groups excluding carboxylic acids is 1. The van der Waals surface area contributed by atoms with Crippen LogP contribution >= 0.6 is 0 Å². The zero-order valence-electron chi connectivity index (χ0n) is 15.1. The Bertz CT molecular complexity index is 505. The van der Waals surface area contributed by atoms with E-state index in [0.717, 1.165) is 24.8 Å².